The Bertz CT molecular complexity index is 595. The third kappa shape index (κ3) is 2.52. The maximum Gasteiger partial charge on any atom is 0.0688 e. The first-order chi connectivity index (χ1) is 9.25. The maximum atomic E-state index is 4.57. The summed E-state index contributed by atoms with van der Waals surface area (Å²) in [7, 11) is 0. The quantitative estimate of drug-likeness (QED) is 0.872. The minimum atomic E-state index is 0.322. The molecule has 1 aromatic carbocycles. The van der Waals surface area contributed by atoms with Gasteiger partial charge in [0.2, 0.25) is 0 Å². The average molecular weight is 317 g/mol. The van der Waals surface area contributed by atoms with Crippen molar-refractivity contribution in [3.8, 4) is 0 Å². The van der Waals surface area contributed by atoms with Crippen molar-refractivity contribution in [1.82, 2.24) is 4.98 Å². The van der Waals surface area contributed by atoms with Crippen molar-refractivity contribution in [1.29, 1.82) is 0 Å². The van der Waals surface area contributed by atoms with E-state index >= 15 is 0 Å². The van der Waals surface area contributed by atoms with Gasteiger partial charge >= 0.3 is 0 Å². The summed E-state index contributed by atoms with van der Waals surface area (Å²) in [4.78, 5) is 4.57. The van der Waals surface area contributed by atoms with Crippen molar-refractivity contribution in [2.45, 2.75) is 32.2 Å². The molecule has 0 radical (unpaired) electrons. The van der Waals surface area contributed by atoms with E-state index in [4.69, 9.17) is 0 Å². The van der Waals surface area contributed by atoms with E-state index in [9.17, 15) is 0 Å². The summed E-state index contributed by atoms with van der Waals surface area (Å²) in [6, 6.07) is 10.9. The molecule has 1 N–H and O–H groups in total. The fourth-order valence-corrected chi connectivity index (χ4v) is 3.08. The van der Waals surface area contributed by atoms with Crippen molar-refractivity contribution in [3.05, 3.63) is 57.8 Å². The number of nitrogens with one attached hydrogen (secondary N) is 1. The van der Waals surface area contributed by atoms with Gasteiger partial charge in [-0.15, -0.1) is 0 Å². The van der Waals surface area contributed by atoms with E-state index in [1.807, 2.05) is 12.3 Å². The van der Waals surface area contributed by atoms with E-state index < -0.39 is 0 Å². The van der Waals surface area contributed by atoms with E-state index in [1.54, 1.807) is 0 Å². The van der Waals surface area contributed by atoms with Crippen LogP contribution < -0.4 is 5.32 Å². The molecular weight excluding hydrogens is 300 g/mol. The van der Waals surface area contributed by atoms with Gasteiger partial charge in [0.05, 0.1) is 11.7 Å². The number of benzene rings is 1. The molecule has 0 bridgehead atoms. The SMILES string of the molecule is Cc1cccc(NC2CCCc3cccnc32)c1Br. The molecular formula is C16H17BrN2. The molecule has 0 fully saturated rings. The van der Waals surface area contributed by atoms with Crippen LogP contribution >= 0.6 is 15.9 Å². The first-order valence-corrected chi connectivity index (χ1v) is 7.50. The molecule has 0 spiro atoms. The third-order valence-electron chi connectivity index (χ3n) is 3.72. The van der Waals surface area contributed by atoms with E-state index in [0.29, 0.717) is 6.04 Å². The van der Waals surface area contributed by atoms with Gasteiger partial charge in [-0.1, -0.05) is 18.2 Å². The minimum absolute atomic E-state index is 0.322. The standard InChI is InChI=1S/C16H17BrN2/c1-11-5-2-8-13(15(11)17)19-14-9-3-6-12-7-4-10-18-16(12)14/h2,4-5,7-8,10,14,19H,3,6,9H2,1H3. The van der Waals surface area contributed by atoms with Crippen LogP contribution in [0.25, 0.3) is 0 Å². The Morgan fingerprint density at radius 3 is 3.05 bits per heavy atom. The second-order valence-corrected chi connectivity index (χ2v) is 5.87. The molecule has 1 aliphatic carbocycles. The van der Waals surface area contributed by atoms with Gasteiger partial charge < -0.3 is 5.32 Å². The van der Waals surface area contributed by atoms with Gasteiger partial charge in [0.15, 0.2) is 0 Å². The summed E-state index contributed by atoms with van der Waals surface area (Å²) in [5, 5.41) is 3.64. The second-order valence-electron chi connectivity index (χ2n) is 5.07. The largest absolute Gasteiger partial charge is 0.376 e. The molecule has 1 heterocycles. The predicted octanol–water partition coefficient (Wildman–Crippen LogP) is 4.64. The monoisotopic (exact) mass is 316 g/mol. The topological polar surface area (TPSA) is 24.9 Å². The number of nitrogens with zero attached hydrogens (tertiary/aromatic N) is 1. The highest BCUT2D eigenvalue weighted by Crippen LogP contribution is 2.34. The summed E-state index contributed by atoms with van der Waals surface area (Å²) in [6.45, 7) is 2.11. The fourth-order valence-electron chi connectivity index (χ4n) is 2.70. The molecule has 2 nitrogen and oxygen atoms in total. The second kappa shape index (κ2) is 5.33. The lowest BCUT2D eigenvalue weighted by molar-refractivity contribution is 0.583. The van der Waals surface area contributed by atoms with Crippen LogP contribution in [-0.4, -0.2) is 4.98 Å². The van der Waals surface area contributed by atoms with Crippen LogP contribution in [0.15, 0.2) is 41.0 Å². The normalized spacial score (nSPS) is 17.9. The van der Waals surface area contributed by atoms with E-state index in [0.717, 1.165) is 23.0 Å². The molecule has 0 saturated heterocycles. The first-order valence-electron chi connectivity index (χ1n) is 6.71. The number of aromatic nitrogens is 1. The molecule has 0 aliphatic heterocycles. The van der Waals surface area contributed by atoms with Crippen molar-refractivity contribution in [3.63, 3.8) is 0 Å². The van der Waals surface area contributed by atoms with E-state index in [2.05, 4.69) is 57.4 Å². The van der Waals surface area contributed by atoms with Gasteiger partial charge in [0.1, 0.15) is 0 Å². The van der Waals surface area contributed by atoms with Gasteiger partial charge in [0.25, 0.3) is 0 Å². The van der Waals surface area contributed by atoms with Crippen molar-refractivity contribution in [2.24, 2.45) is 0 Å². The number of aryl methyl sites for hydroxylation is 2. The first kappa shape index (κ1) is 12.7. The lowest BCUT2D eigenvalue weighted by atomic mass is 9.92. The molecule has 1 aliphatic rings. The smallest absolute Gasteiger partial charge is 0.0688 e. The molecule has 1 atom stereocenters. The van der Waals surface area contributed by atoms with Crippen LogP contribution in [-0.2, 0) is 6.42 Å². The Balaban J connectivity index is 1.91. The molecule has 1 aromatic heterocycles. The van der Waals surface area contributed by atoms with Gasteiger partial charge in [0, 0.05) is 16.4 Å². The van der Waals surface area contributed by atoms with Crippen LogP contribution in [0, 0.1) is 6.92 Å². The number of hydrogen-bond acceptors (Lipinski definition) is 2. The summed E-state index contributed by atoms with van der Waals surface area (Å²) in [5.41, 5.74) is 5.00. The van der Waals surface area contributed by atoms with Crippen LogP contribution in [0.2, 0.25) is 0 Å². The molecule has 98 valence electrons. The number of fused-ring (bicyclic) bond motifs is 1. The van der Waals surface area contributed by atoms with E-state index in [1.165, 1.54) is 23.2 Å². The zero-order valence-electron chi connectivity index (χ0n) is 11.0. The van der Waals surface area contributed by atoms with Gasteiger partial charge in [-0.05, 0) is 65.4 Å². The Morgan fingerprint density at radius 2 is 2.16 bits per heavy atom. The third-order valence-corrected chi connectivity index (χ3v) is 4.77. The molecule has 1 unspecified atom stereocenters. The summed E-state index contributed by atoms with van der Waals surface area (Å²) in [6.07, 6.45) is 5.41. The van der Waals surface area contributed by atoms with Crippen molar-refractivity contribution >= 4 is 21.6 Å². The Kier molecular flexibility index (Phi) is 3.56. The van der Waals surface area contributed by atoms with Gasteiger partial charge in [-0.2, -0.15) is 0 Å². The maximum absolute atomic E-state index is 4.57. The Labute approximate surface area is 122 Å². The van der Waals surface area contributed by atoms with E-state index in [-0.39, 0.29) is 0 Å². The van der Waals surface area contributed by atoms with Crippen LogP contribution in [0.4, 0.5) is 5.69 Å². The number of rotatable bonds is 2. The number of halogens is 1. The summed E-state index contributed by atoms with van der Waals surface area (Å²) >= 11 is 3.66. The molecule has 0 saturated carbocycles. The Morgan fingerprint density at radius 1 is 1.26 bits per heavy atom. The van der Waals surface area contributed by atoms with Gasteiger partial charge in [-0.25, -0.2) is 0 Å². The molecule has 19 heavy (non-hydrogen) atoms. The van der Waals surface area contributed by atoms with Crippen LogP contribution in [0.5, 0.6) is 0 Å². The molecule has 2 aromatic rings. The lowest BCUT2D eigenvalue weighted by Gasteiger charge is -2.26. The number of anilines is 1. The molecule has 3 heteroatoms. The average Bonchev–Trinajstić information content (AvgIpc) is 2.44. The van der Waals surface area contributed by atoms with Crippen LogP contribution in [0.3, 0.4) is 0 Å². The molecule has 3 rings (SSSR count). The number of pyridine rings is 1. The summed E-state index contributed by atoms with van der Waals surface area (Å²) in [5.74, 6) is 0. The fraction of sp³-hybridized carbons (Fsp3) is 0.312. The predicted molar refractivity (Wildman–Crippen MR) is 82.4 cm³/mol. The number of hydrogen-bond donors (Lipinski definition) is 1. The molecule has 0 amide bonds. The van der Waals surface area contributed by atoms with Gasteiger partial charge in [-0.3, -0.25) is 4.98 Å². The highest BCUT2D eigenvalue weighted by molar-refractivity contribution is 9.10. The highest BCUT2D eigenvalue weighted by Gasteiger charge is 2.21. The Hall–Kier alpha value is -1.35. The zero-order valence-corrected chi connectivity index (χ0v) is 12.6. The lowest BCUT2D eigenvalue weighted by Crippen LogP contribution is -2.19. The zero-order chi connectivity index (χ0) is 13.2. The van der Waals surface area contributed by atoms with Crippen molar-refractivity contribution < 1.29 is 0 Å². The highest BCUT2D eigenvalue weighted by atomic mass is 79.9. The van der Waals surface area contributed by atoms with Crippen LogP contribution in [0.1, 0.15) is 35.7 Å². The summed E-state index contributed by atoms with van der Waals surface area (Å²) < 4.78 is 1.15. The minimum Gasteiger partial charge on any atom is -0.376 e. The van der Waals surface area contributed by atoms with Crippen molar-refractivity contribution in [2.75, 3.05) is 5.32 Å².